The molecule has 7 heteroatoms. The van der Waals surface area contributed by atoms with E-state index in [4.69, 9.17) is 22.7 Å². The highest BCUT2D eigenvalue weighted by Crippen LogP contribution is 2.29. The van der Waals surface area contributed by atoms with Gasteiger partial charge in [0.05, 0.1) is 16.8 Å². The third-order valence-corrected chi connectivity index (χ3v) is 6.48. The van der Waals surface area contributed by atoms with E-state index in [-0.39, 0.29) is 22.8 Å². The molecule has 0 aromatic rings. The summed E-state index contributed by atoms with van der Waals surface area (Å²) in [6.45, 7) is 1.23. The molecular weight excluding hydrogens is 284 g/mol. The minimum atomic E-state index is -3.32. The van der Waals surface area contributed by atoms with Crippen LogP contribution in [0.15, 0.2) is 0 Å². The van der Waals surface area contributed by atoms with Crippen LogP contribution in [0.5, 0.6) is 0 Å². The first-order valence-electron chi connectivity index (χ1n) is 6.88. The van der Waals surface area contributed by atoms with Gasteiger partial charge in [-0.2, -0.15) is 4.31 Å². The normalized spacial score (nSPS) is 23.0. The smallest absolute Gasteiger partial charge is 0.217 e. The molecule has 2 rings (SSSR count). The maximum Gasteiger partial charge on any atom is 0.217 e. The Morgan fingerprint density at radius 2 is 1.79 bits per heavy atom. The summed E-state index contributed by atoms with van der Waals surface area (Å²) in [5.74, 6) is 0. The highest BCUT2D eigenvalue weighted by atomic mass is 32.2. The minimum absolute atomic E-state index is 0.0781. The van der Waals surface area contributed by atoms with Crippen molar-refractivity contribution in [1.29, 1.82) is 0 Å². The van der Waals surface area contributed by atoms with Gasteiger partial charge in [-0.1, -0.05) is 25.1 Å². The molecule has 0 atom stereocenters. The molecule has 110 valence electrons. The van der Waals surface area contributed by atoms with Gasteiger partial charge in [-0.05, 0) is 25.7 Å². The zero-order valence-corrected chi connectivity index (χ0v) is 12.7. The lowest BCUT2D eigenvalue weighted by Gasteiger charge is -2.33. The number of sulfonamides is 1. The Bertz CT molecular complexity index is 413. The van der Waals surface area contributed by atoms with Crippen molar-refractivity contribution < 1.29 is 13.2 Å². The van der Waals surface area contributed by atoms with Crippen LogP contribution in [0.4, 0.5) is 0 Å². The maximum atomic E-state index is 12.8. The van der Waals surface area contributed by atoms with E-state index in [1.807, 2.05) is 0 Å². The van der Waals surface area contributed by atoms with Crippen molar-refractivity contribution >= 4 is 27.2 Å². The molecule has 5 nitrogen and oxygen atoms in total. The summed E-state index contributed by atoms with van der Waals surface area (Å²) in [6.07, 6.45) is 5.16. The van der Waals surface area contributed by atoms with E-state index in [0.29, 0.717) is 26.1 Å². The molecule has 0 unspecified atom stereocenters. The van der Waals surface area contributed by atoms with Crippen molar-refractivity contribution in [3.8, 4) is 0 Å². The molecule has 1 aliphatic carbocycles. The van der Waals surface area contributed by atoms with Crippen molar-refractivity contribution in [1.82, 2.24) is 4.31 Å². The van der Waals surface area contributed by atoms with Crippen LogP contribution >= 0.6 is 12.2 Å². The summed E-state index contributed by atoms with van der Waals surface area (Å²) in [4.78, 5) is 0.252. The molecule has 0 aromatic heterocycles. The standard InChI is InChI=1S/C12H22N2O3S2/c13-12(18)9-14(10-3-1-2-4-10)19(15,16)11-5-7-17-8-6-11/h10-11H,1-9H2,(H2,13,18). The molecule has 19 heavy (non-hydrogen) atoms. The van der Waals surface area contributed by atoms with Crippen LogP contribution in [-0.4, -0.2) is 48.8 Å². The van der Waals surface area contributed by atoms with E-state index in [9.17, 15) is 8.42 Å². The zero-order valence-electron chi connectivity index (χ0n) is 11.1. The summed E-state index contributed by atoms with van der Waals surface area (Å²) in [6, 6.07) is 0.0781. The second-order valence-corrected chi connectivity index (χ2v) is 8.00. The minimum Gasteiger partial charge on any atom is -0.392 e. The molecule has 0 bridgehead atoms. The molecule has 1 aliphatic heterocycles. The third-order valence-electron chi connectivity index (χ3n) is 3.96. The van der Waals surface area contributed by atoms with Gasteiger partial charge in [-0.25, -0.2) is 8.42 Å². The molecular formula is C12H22N2O3S2. The van der Waals surface area contributed by atoms with Crippen LogP contribution < -0.4 is 5.73 Å². The molecule has 1 saturated carbocycles. The predicted molar refractivity (Wildman–Crippen MR) is 78.5 cm³/mol. The van der Waals surface area contributed by atoms with Gasteiger partial charge < -0.3 is 10.5 Å². The van der Waals surface area contributed by atoms with Crippen molar-refractivity contribution in [2.75, 3.05) is 19.8 Å². The first-order chi connectivity index (χ1) is 9.01. The fourth-order valence-corrected chi connectivity index (χ4v) is 5.28. The van der Waals surface area contributed by atoms with E-state index >= 15 is 0 Å². The second-order valence-electron chi connectivity index (χ2n) is 5.31. The van der Waals surface area contributed by atoms with E-state index in [1.54, 1.807) is 4.31 Å². The van der Waals surface area contributed by atoms with E-state index < -0.39 is 10.0 Å². The van der Waals surface area contributed by atoms with Crippen LogP contribution in [0.25, 0.3) is 0 Å². The van der Waals surface area contributed by atoms with Gasteiger partial charge in [-0.15, -0.1) is 0 Å². The highest BCUT2D eigenvalue weighted by molar-refractivity contribution is 7.89. The Balaban J connectivity index is 2.17. The SMILES string of the molecule is NC(=S)CN(C1CCCC1)S(=O)(=O)C1CCOCC1. The van der Waals surface area contributed by atoms with Crippen LogP contribution in [0.1, 0.15) is 38.5 Å². The Morgan fingerprint density at radius 3 is 2.32 bits per heavy atom. The third kappa shape index (κ3) is 3.65. The largest absolute Gasteiger partial charge is 0.392 e. The van der Waals surface area contributed by atoms with Gasteiger partial charge in [0, 0.05) is 19.3 Å². The summed E-state index contributed by atoms with van der Waals surface area (Å²) in [7, 11) is -3.32. The van der Waals surface area contributed by atoms with Crippen molar-refractivity contribution in [3.63, 3.8) is 0 Å². The summed E-state index contributed by atoms with van der Waals surface area (Å²) < 4.78 is 32.3. The van der Waals surface area contributed by atoms with Gasteiger partial charge in [0.15, 0.2) is 0 Å². The van der Waals surface area contributed by atoms with Crippen molar-refractivity contribution in [3.05, 3.63) is 0 Å². The molecule has 2 N–H and O–H groups in total. The fourth-order valence-electron chi connectivity index (χ4n) is 2.94. The van der Waals surface area contributed by atoms with E-state index in [1.165, 1.54) is 0 Å². The van der Waals surface area contributed by atoms with Crippen LogP contribution in [0, 0.1) is 0 Å². The number of ether oxygens (including phenoxy) is 1. The number of nitrogens with two attached hydrogens (primary N) is 1. The number of nitrogens with zero attached hydrogens (tertiary/aromatic N) is 1. The fraction of sp³-hybridized carbons (Fsp3) is 0.917. The van der Waals surface area contributed by atoms with Gasteiger partial charge in [0.25, 0.3) is 0 Å². The Labute approximate surface area is 120 Å². The number of hydrogen-bond acceptors (Lipinski definition) is 4. The average Bonchev–Trinajstić information content (AvgIpc) is 2.90. The van der Waals surface area contributed by atoms with Gasteiger partial charge in [0.2, 0.25) is 10.0 Å². The first-order valence-corrected chi connectivity index (χ1v) is 8.79. The van der Waals surface area contributed by atoms with E-state index in [2.05, 4.69) is 0 Å². The Morgan fingerprint density at radius 1 is 1.21 bits per heavy atom. The van der Waals surface area contributed by atoms with Gasteiger partial charge in [0.1, 0.15) is 0 Å². The topological polar surface area (TPSA) is 72.6 Å². The van der Waals surface area contributed by atoms with Gasteiger partial charge >= 0.3 is 0 Å². The Hall–Kier alpha value is -0.240. The van der Waals surface area contributed by atoms with Crippen LogP contribution in [0.2, 0.25) is 0 Å². The molecule has 2 aliphatic rings. The zero-order chi connectivity index (χ0) is 13.9. The molecule has 1 heterocycles. The van der Waals surface area contributed by atoms with E-state index in [0.717, 1.165) is 25.7 Å². The van der Waals surface area contributed by atoms with Crippen molar-refractivity contribution in [2.24, 2.45) is 5.73 Å². The number of hydrogen-bond donors (Lipinski definition) is 1. The number of thiocarbonyl (C=S) groups is 1. The predicted octanol–water partition coefficient (Wildman–Crippen LogP) is 1.03. The highest BCUT2D eigenvalue weighted by Gasteiger charge is 2.38. The molecule has 2 fully saturated rings. The molecule has 0 spiro atoms. The second kappa shape index (κ2) is 6.47. The maximum absolute atomic E-state index is 12.8. The Kier molecular flexibility index (Phi) is 5.16. The monoisotopic (exact) mass is 306 g/mol. The van der Waals surface area contributed by atoms with Crippen LogP contribution in [0.3, 0.4) is 0 Å². The van der Waals surface area contributed by atoms with Crippen molar-refractivity contribution in [2.45, 2.75) is 49.8 Å². The lowest BCUT2D eigenvalue weighted by atomic mass is 10.2. The molecule has 0 amide bonds. The number of rotatable bonds is 5. The average molecular weight is 306 g/mol. The molecule has 1 saturated heterocycles. The lowest BCUT2D eigenvalue weighted by Crippen LogP contribution is -2.48. The summed E-state index contributed by atoms with van der Waals surface area (Å²) in [5.41, 5.74) is 5.59. The quantitative estimate of drug-likeness (QED) is 0.768. The lowest BCUT2D eigenvalue weighted by molar-refractivity contribution is 0.0969. The molecule has 0 radical (unpaired) electrons. The molecule has 0 aromatic carbocycles. The summed E-state index contributed by atoms with van der Waals surface area (Å²) >= 11 is 4.92. The first kappa shape index (κ1) is 15.2. The summed E-state index contributed by atoms with van der Waals surface area (Å²) in [5, 5.41) is -0.337. The van der Waals surface area contributed by atoms with Crippen LogP contribution in [-0.2, 0) is 14.8 Å². The van der Waals surface area contributed by atoms with Gasteiger partial charge in [-0.3, -0.25) is 0 Å².